The van der Waals surface area contributed by atoms with Crippen LogP contribution in [0.4, 0.5) is 0 Å². The lowest BCUT2D eigenvalue weighted by atomic mass is 10.1. The number of allylic oxidation sites excluding steroid dienone is 3. The summed E-state index contributed by atoms with van der Waals surface area (Å²) in [5.41, 5.74) is 3.56. The quantitative estimate of drug-likeness (QED) is 0.725. The lowest BCUT2D eigenvalue weighted by Gasteiger charge is -1.96. The first-order valence-corrected chi connectivity index (χ1v) is 6.85. The molecule has 0 saturated carbocycles. The first kappa shape index (κ1) is 14.3. The second-order valence-corrected chi connectivity index (χ2v) is 5.13. The average molecular weight is 268 g/mol. The third-order valence-corrected chi connectivity index (χ3v) is 2.93. The van der Waals surface area contributed by atoms with Gasteiger partial charge in [-0.05, 0) is 33.6 Å². The molecule has 0 aliphatic carbocycles. The molecule has 2 rings (SSSR count). The van der Waals surface area contributed by atoms with Crippen LogP contribution in [0.3, 0.4) is 0 Å². The minimum absolute atomic E-state index is 0.568. The highest BCUT2D eigenvalue weighted by atomic mass is 16.5. The van der Waals surface area contributed by atoms with E-state index in [4.69, 9.17) is 4.52 Å². The normalized spacial score (nSPS) is 11.4. The van der Waals surface area contributed by atoms with Crippen molar-refractivity contribution in [1.29, 1.82) is 0 Å². The van der Waals surface area contributed by atoms with Crippen LogP contribution in [0.5, 0.6) is 0 Å². The van der Waals surface area contributed by atoms with Crippen LogP contribution in [-0.2, 0) is 0 Å². The molecule has 3 nitrogen and oxygen atoms in total. The second-order valence-electron chi connectivity index (χ2n) is 5.13. The van der Waals surface area contributed by atoms with Gasteiger partial charge in [-0.2, -0.15) is 4.98 Å². The van der Waals surface area contributed by atoms with Gasteiger partial charge in [0.25, 0.3) is 5.89 Å². The molecule has 104 valence electrons. The number of hydrogen-bond donors (Lipinski definition) is 0. The molecule has 0 aliphatic heterocycles. The Bertz CT molecular complexity index is 605. The topological polar surface area (TPSA) is 38.9 Å². The van der Waals surface area contributed by atoms with Crippen molar-refractivity contribution in [2.75, 3.05) is 0 Å². The van der Waals surface area contributed by atoms with Gasteiger partial charge in [0.15, 0.2) is 0 Å². The minimum atomic E-state index is 0.568. The summed E-state index contributed by atoms with van der Waals surface area (Å²) in [5.74, 6) is 1.20. The van der Waals surface area contributed by atoms with E-state index in [9.17, 15) is 0 Å². The number of nitrogens with zero attached hydrogens (tertiary/aromatic N) is 2. The van der Waals surface area contributed by atoms with Gasteiger partial charge < -0.3 is 4.52 Å². The van der Waals surface area contributed by atoms with Crippen LogP contribution in [0, 0.1) is 0 Å². The van der Waals surface area contributed by atoms with Gasteiger partial charge in [-0.1, -0.05) is 52.7 Å². The summed E-state index contributed by atoms with van der Waals surface area (Å²) < 4.78 is 5.26. The molecule has 0 unspecified atom stereocenters. The summed E-state index contributed by atoms with van der Waals surface area (Å²) in [6, 6.07) is 9.84. The Hall–Kier alpha value is -2.16. The van der Waals surface area contributed by atoms with Gasteiger partial charge in [-0.15, -0.1) is 0 Å². The number of rotatable bonds is 5. The van der Waals surface area contributed by atoms with Crippen molar-refractivity contribution in [3.8, 4) is 11.4 Å². The molecular formula is C17H20N2O. The molecular weight excluding hydrogens is 248 g/mol. The second kappa shape index (κ2) is 6.85. The molecule has 0 spiro atoms. The van der Waals surface area contributed by atoms with Crippen molar-refractivity contribution in [3.05, 3.63) is 53.4 Å². The van der Waals surface area contributed by atoms with Crippen LogP contribution in [-0.4, -0.2) is 10.1 Å². The maximum Gasteiger partial charge on any atom is 0.250 e. The zero-order chi connectivity index (χ0) is 14.4. The van der Waals surface area contributed by atoms with Crippen molar-refractivity contribution < 1.29 is 4.52 Å². The van der Waals surface area contributed by atoms with Crippen molar-refractivity contribution >= 4 is 6.08 Å². The van der Waals surface area contributed by atoms with E-state index in [1.807, 2.05) is 36.4 Å². The summed E-state index contributed by atoms with van der Waals surface area (Å²) in [4.78, 5) is 4.39. The predicted molar refractivity (Wildman–Crippen MR) is 82.1 cm³/mol. The van der Waals surface area contributed by atoms with Gasteiger partial charge in [0, 0.05) is 11.6 Å². The molecule has 0 saturated heterocycles. The zero-order valence-corrected chi connectivity index (χ0v) is 12.3. The molecule has 0 amide bonds. The smallest absolute Gasteiger partial charge is 0.250 e. The molecule has 0 atom stereocenters. The molecule has 3 heteroatoms. The van der Waals surface area contributed by atoms with Gasteiger partial charge in [-0.25, -0.2) is 0 Å². The summed E-state index contributed by atoms with van der Waals surface area (Å²) in [7, 11) is 0. The van der Waals surface area contributed by atoms with Crippen molar-refractivity contribution in [2.24, 2.45) is 0 Å². The number of benzene rings is 1. The van der Waals surface area contributed by atoms with Crippen molar-refractivity contribution in [2.45, 2.75) is 33.6 Å². The summed E-state index contributed by atoms with van der Waals surface area (Å²) in [5, 5.41) is 4.01. The van der Waals surface area contributed by atoms with Crippen LogP contribution in [0.1, 0.15) is 39.5 Å². The Morgan fingerprint density at radius 3 is 2.60 bits per heavy atom. The van der Waals surface area contributed by atoms with Gasteiger partial charge in [0.2, 0.25) is 5.82 Å². The van der Waals surface area contributed by atoms with E-state index < -0.39 is 0 Å². The first-order valence-electron chi connectivity index (χ1n) is 6.85. The average Bonchev–Trinajstić information content (AvgIpc) is 2.88. The minimum Gasteiger partial charge on any atom is -0.334 e. The van der Waals surface area contributed by atoms with Gasteiger partial charge in [0.1, 0.15) is 0 Å². The molecule has 1 aromatic carbocycles. The Labute approximate surface area is 120 Å². The van der Waals surface area contributed by atoms with E-state index in [1.54, 1.807) is 0 Å². The third kappa shape index (κ3) is 4.19. The predicted octanol–water partition coefficient (Wildman–Crippen LogP) is 4.89. The highest BCUT2D eigenvalue weighted by Crippen LogP contribution is 2.17. The fraction of sp³-hybridized carbons (Fsp3) is 0.294. The highest BCUT2D eigenvalue weighted by molar-refractivity contribution is 5.55. The molecule has 0 bridgehead atoms. The molecule has 20 heavy (non-hydrogen) atoms. The maximum absolute atomic E-state index is 5.26. The molecule has 1 heterocycles. The van der Waals surface area contributed by atoms with Crippen LogP contribution < -0.4 is 0 Å². The molecule has 1 aromatic heterocycles. The lowest BCUT2D eigenvalue weighted by Crippen LogP contribution is -1.81. The van der Waals surface area contributed by atoms with E-state index >= 15 is 0 Å². The standard InChI is InChI=1S/C17H20N2O/c1-13(2)8-7-9-14(3)12-16-18-17(19-20-16)15-10-5-4-6-11-15/h4-6,8,10-12H,7,9H2,1-3H3/b14-12+. The summed E-state index contributed by atoms with van der Waals surface area (Å²) in [6.45, 7) is 6.32. The first-order chi connectivity index (χ1) is 9.65. The summed E-state index contributed by atoms with van der Waals surface area (Å²) in [6.07, 6.45) is 6.25. The Kier molecular flexibility index (Phi) is 4.88. The molecule has 0 aliphatic rings. The van der Waals surface area contributed by atoms with E-state index in [0.717, 1.165) is 18.4 Å². The third-order valence-electron chi connectivity index (χ3n) is 2.93. The number of aromatic nitrogens is 2. The Morgan fingerprint density at radius 1 is 1.15 bits per heavy atom. The van der Waals surface area contributed by atoms with Crippen LogP contribution in [0.25, 0.3) is 17.5 Å². The van der Waals surface area contributed by atoms with Gasteiger partial charge in [-0.3, -0.25) is 0 Å². The van der Waals surface area contributed by atoms with Crippen LogP contribution in [0.15, 0.2) is 52.1 Å². The van der Waals surface area contributed by atoms with Crippen LogP contribution in [0.2, 0.25) is 0 Å². The highest BCUT2D eigenvalue weighted by Gasteiger charge is 2.06. The van der Waals surface area contributed by atoms with E-state index in [0.29, 0.717) is 11.7 Å². The monoisotopic (exact) mass is 268 g/mol. The van der Waals surface area contributed by atoms with Gasteiger partial charge >= 0.3 is 0 Å². The molecule has 2 aromatic rings. The van der Waals surface area contributed by atoms with Crippen LogP contribution >= 0.6 is 0 Å². The summed E-state index contributed by atoms with van der Waals surface area (Å²) >= 11 is 0. The molecule has 0 radical (unpaired) electrons. The number of hydrogen-bond acceptors (Lipinski definition) is 3. The fourth-order valence-corrected chi connectivity index (χ4v) is 1.87. The Balaban J connectivity index is 2.04. The maximum atomic E-state index is 5.26. The van der Waals surface area contributed by atoms with E-state index in [2.05, 4.69) is 37.0 Å². The van der Waals surface area contributed by atoms with Crippen molar-refractivity contribution in [1.82, 2.24) is 10.1 Å². The largest absolute Gasteiger partial charge is 0.334 e. The van der Waals surface area contributed by atoms with Crippen molar-refractivity contribution in [3.63, 3.8) is 0 Å². The van der Waals surface area contributed by atoms with E-state index in [-0.39, 0.29) is 0 Å². The van der Waals surface area contributed by atoms with Gasteiger partial charge in [0.05, 0.1) is 0 Å². The SMILES string of the molecule is CC(C)=CCC/C(C)=C/c1nc(-c2ccccc2)no1. The Morgan fingerprint density at radius 2 is 1.90 bits per heavy atom. The molecule has 0 fully saturated rings. The van der Waals surface area contributed by atoms with E-state index in [1.165, 1.54) is 11.1 Å². The molecule has 0 N–H and O–H groups in total. The lowest BCUT2D eigenvalue weighted by molar-refractivity contribution is 0.411. The zero-order valence-electron chi connectivity index (χ0n) is 12.3. The fourth-order valence-electron chi connectivity index (χ4n) is 1.87.